The normalized spacial score (nSPS) is 11.4. The van der Waals surface area contributed by atoms with Crippen molar-refractivity contribution >= 4 is 0 Å². The molecule has 0 spiro atoms. The number of benzene rings is 1. The number of aromatic nitrogens is 1. The molecule has 0 saturated heterocycles. The van der Waals surface area contributed by atoms with Crippen LogP contribution in [0.25, 0.3) is 0 Å². The Morgan fingerprint density at radius 1 is 1.30 bits per heavy atom. The van der Waals surface area contributed by atoms with Gasteiger partial charge in [0.2, 0.25) is 0 Å². The molecule has 0 amide bonds. The zero-order valence-electron chi connectivity index (χ0n) is 11.1. The highest BCUT2D eigenvalue weighted by Crippen LogP contribution is 2.31. The molecule has 0 aliphatic rings. The van der Waals surface area contributed by atoms with E-state index in [4.69, 9.17) is 20.5 Å². The van der Waals surface area contributed by atoms with Crippen LogP contribution in [0.5, 0.6) is 11.5 Å². The Hall–Kier alpha value is -2.58. The summed E-state index contributed by atoms with van der Waals surface area (Å²) < 4.78 is 11.1. The molecule has 5 heteroatoms. The van der Waals surface area contributed by atoms with E-state index in [1.54, 1.807) is 24.4 Å². The molecule has 1 aromatic heterocycles. The third-order valence-corrected chi connectivity index (χ3v) is 2.79. The molecule has 2 aromatic rings. The first-order chi connectivity index (χ1) is 9.78. The van der Waals surface area contributed by atoms with Gasteiger partial charge in [-0.15, -0.1) is 0 Å². The average molecular weight is 269 g/mol. The van der Waals surface area contributed by atoms with Crippen molar-refractivity contribution in [2.45, 2.75) is 6.10 Å². The van der Waals surface area contributed by atoms with E-state index in [1.807, 2.05) is 18.2 Å². The van der Waals surface area contributed by atoms with Crippen LogP contribution < -0.4 is 15.2 Å². The topological polar surface area (TPSA) is 81.2 Å². The Morgan fingerprint density at radius 3 is 2.75 bits per heavy atom. The first-order valence-corrected chi connectivity index (χ1v) is 6.14. The van der Waals surface area contributed by atoms with E-state index in [0.717, 1.165) is 5.69 Å². The lowest BCUT2D eigenvalue weighted by atomic mass is 10.2. The summed E-state index contributed by atoms with van der Waals surface area (Å²) in [6.45, 7) is 0.292. The van der Waals surface area contributed by atoms with Crippen molar-refractivity contribution in [1.82, 2.24) is 4.98 Å². The molecular weight excluding hydrogens is 254 g/mol. The number of nitriles is 1. The molecule has 0 aliphatic heterocycles. The van der Waals surface area contributed by atoms with Crippen molar-refractivity contribution in [2.24, 2.45) is 5.73 Å². The second kappa shape index (κ2) is 6.55. The Balaban J connectivity index is 2.26. The highest BCUT2D eigenvalue weighted by atomic mass is 16.5. The van der Waals surface area contributed by atoms with E-state index >= 15 is 0 Å². The summed E-state index contributed by atoms with van der Waals surface area (Å²) >= 11 is 0. The van der Waals surface area contributed by atoms with Crippen molar-refractivity contribution in [1.29, 1.82) is 5.26 Å². The van der Waals surface area contributed by atoms with Crippen LogP contribution in [-0.4, -0.2) is 18.6 Å². The molecule has 5 nitrogen and oxygen atoms in total. The van der Waals surface area contributed by atoms with Crippen LogP contribution in [0.2, 0.25) is 0 Å². The SMILES string of the molecule is COc1cc(C#N)ccc1OC(CN)c1ccccn1. The minimum absolute atomic E-state index is 0.292. The highest BCUT2D eigenvalue weighted by molar-refractivity contribution is 5.46. The third-order valence-electron chi connectivity index (χ3n) is 2.79. The van der Waals surface area contributed by atoms with E-state index in [1.165, 1.54) is 7.11 Å². The van der Waals surface area contributed by atoms with E-state index in [9.17, 15) is 0 Å². The number of pyridine rings is 1. The van der Waals surface area contributed by atoms with Crippen molar-refractivity contribution in [3.05, 3.63) is 53.9 Å². The molecule has 2 rings (SSSR count). The van der Waals surface area contributed by atoms with Crippen LogP contribution in [0.15, 0.2) is 42.6 Å². The van der Waals surface area contributed by atoms with Gasteiger partial charge in [0.1, 0.15) is 0 Å². The van der Waals surface area contributed by atoms with E-state index in [0.29, 0.717) is 23.6 Å². The Kier molecular flexibility index (Phi) is 4.53. The standard InChI is InChI=1S/C15H15N3O2/c1-19-14-8-11(9-16)5-6-13(14)20-15(10-17)12-4-2-3-7-18-12/h2-8,15H,10,17H2,1H3. The summed E-state index contributed by atoms with van der Waals surface area (Å²) in [7, 11) is 1.53. The molecule has 102 valence electrons. The van der Waals surface area contributed by atoms with Crippen LogP contribution in [-0.2, 0) is 0 Å². The van der Waals surface area contributed by atoms with Crippen LogP contribution in [0, 0.1) is 11.3 Å². The molecule has 20 heavy (non-hydrogen) atoms. The number of rotatable bonds is 5. The van der Waals surface area contributed by atoms with E-state index in [2.05, 4.69) is 11.1 Å². The molecule has 1 heterocycles. The molecular formula is C15H15N3O2. The fraction of sp³-hybridized carbons (Fsp3) is 0.200. The number of ether oxygens (including phenoxy) is 2. The van der Waals surface area contributed by atoms with Crippen molar-refractivity contribution in [3.8, 4) is 17.6 Å². The molecule has 0 radical (unpaired) electrons. The van der Waals surface area contributed by atoms with Gasteiger partial charge in [-0.05, 0) is 24.3 Å². The summed E-state index contributed by atoms with van der Waals surface area (Å²) in [5, 5.41) is 8.88. The van der Waals surface area contributed by atoms with Crippen molar-refractivity contribution in [2.75, 3.05) is 13.7 Å². The van der Waals surface area contributed by atoms with Gasteiger partial charge in [0, 0.05) is 18.8 Å². The van der Waals surface area contributed by atoms with E-state index in [-0.39, 0.29) is 6.10 Å². The van der Waals surface area contributed by atoms with Gasteiger partial charge in [0.25, 0.3) is 0 Å². The summed E-state index contributed by atoms with van der Waals surface area (Å²) in [5.74, 6) is 1.03. The van der Waals surface area contributed by atoms with Gasteiger partial charge in [-0.25, -0.2) is 0 Å². The second-order valence-electron chi connectivity index (χ2n) is 4.07. The van der Waals surface area contributed by atoms with Gasteiger partial charge in [-0.2, -0.15) is 5.26 Å². The smallest absolute Gasteiger partial charge is 0.162 e. The third kappa shape index (κ3) is 3.05. The van der Waals surface area contributed by atoms with Gasteiger partial charge in [-0.3, -0.25) is 4.98 Å². The first kappa shape index (κ1) is 13.8. The van der Waals surface area contributed by atoms with E-state index < -0.39 is 0 Å². The number of hydrogen-bond acceptors (Lipinski definition) is 5. The number of methoxy groups -OCH3 is 1. The Labute approximate surface area is 117 Å². The Bertz CT molecular complexity index is 608. The quantitative estimate of drug-likeness (QED) is 0.898. The summed E-state index contributed by atoms with van der Waals surface area (Å²) in [5.41, 5.74) is 7.00. The fourth-order valence-corrected chi connectivity index (χ4v) is 1.78. The molecule has 0 aliphatic carbocycles. The van der Waals surface area contributed by atoms with Gasteiger partial charge < -0.3 is 15.2 Å². The first-order valence-electron chi connectivity index (χ1n) is 6.14. The summed E-state index contributed by atoms with van der Waals surface area (Å²) in [6.07, 6.45) is 1.33. The maximum absolute atomic E-state index is 8.88. The summed E-state index contributed by atoms with van der Waals surface area (Å²) in [4.78, 5) is 4.24. The number of hydrogen-bond donors (Lipinski definition) is 1. The molecule has 1 aromatic carbocycles. The van der Waals surface area contributed by atoms with Crippen LogP contribution in [0.4, 0.5) is 0 Å². The van der Waals surface area contributed by atoms with Crippen molar-refractivity contribution in [3.63, 3.8) is 0 Å². The molecule has 2 N–H and O–H groups in total. The minimum Gasteiger partial charge on any atom is -0.493 e. The lowest BCUT2D eigenvalue weighted by molar-refractivity contribution is 0.200. The number of nitrogens with zero attached hydrogens (tertiary/aromatic N) is 2. The van der Waals surface area contributed by atoms with Gasteiger partial charge in [0.05, 0.1) is 24.4 Å². The fourth-order valence-electron chi connectivity index (χ4n) is 1.78. The Morgan fingerprint density at radius 2 is 2.15 bits per heavy atom. The number of nitrogens with two attached hydrogens (primary N) is 1. The summed E-state index contributed by atoms with van der Waals surface area (Å²) in [6, 6.07) is 12.6. The van der Waals surface area contributed by atoms with Gasteiger partial charge >= 0.3 is 0 Å². The zero-order valence-corrected chi connectivity index (χ0v) is 11.1. The molecule has 0 saturated carbocycles. The lowest BCUT2D eigenvalue weighted by Crippen LogP contribution is -2.19. The lowest BCUT2D eigenvalue weighted by Gasteiger charge is -2.18. The second-order valence-corrected chi connectivity index (χ2v) is 4.07. The molecule has 0 bridgehead atoms. The average Bonchev–Trinajstić information content (AvgIpc) is 2.53. The van der Waals surface area contributed by atoms with Crippen LogP contribution in [0.3, 0.4) is 0 Å². The predicted octanol–water partition coefficient (Wildman–Crippen LogP) is 2.04. The minimum atomic E-state index is -0.363. The molecule has 0 fully saturated rings. The predicted molar refractivity (Wildman–Crippen MR) is 74.4 cm³/mol. The molecule has 1 unspecified atom stereocenters. The van der Waals surface area contributed by atoms with Crippen LogP contribution >= 0.6 is 0 Å². The largest absolute Gasteiger partial charge is 0.493 e. The van der Waals surface area contributed by atoms with Gasteiger partial charge in [-0.1, -0.05) is 6.07 Å². The van der Waals surface area contributed by atoms with Crippen LogP contribution in [0.1, 0.15) is 17.4 Å². The molecule has 1 atom stereocenters. The van der Waals surface area contributed by atoms with Gasteiger partial charge in [0.15, 0.2) is 17.6 Å². The monoisotopic (exact) mass is 269 g/mol. The maximum atomic E-state index is 8.88. The highest BCUT2D eigenvalue weighted by Gasteiger charge is 2.15. The maximum Gasteiger partial charge on any atom is 0.162 e. The van der Waals surface area contributed by atoms with Crippen molar-refractivity contribution < 1.29 is 9.47 Å². The zero-order chi connectivity index (χ0) is 14.4.